The first-order valence-corrected chi connectivity index (χ1v) is 12.5. The average Bonchev–Trinajstić information content (AvgIpc) is 2.70. The van der Waals surface area contributed by atoms with Crippen LogP contribution in [-0.2, 0) is 21.4 Å². The second-order valence-electron chi connectivity index (χ2n) is 8.21. The molecular formula is C22H37N3O3S. The molecule has 0 aromatic heterocycles. The van der Waals surface area contributed by atoms with Crippen molar-refractivity contribution in [2.24, 2.45) is 5.92 Å². The third-order valence-electron chi connectivity index (χ3n) is 5.49. The quantitative estimate of drug-likeness (QED) is 0.556. The molecular weight excluding hydrogens is 386 g/mol. The second-order valence-corrected chi connectivity index (χ2v) is 10.3. The largest absolute Gasteiger partial charge is 0.356 e. The normalized spacial score (nSPS) is 18.3. The number of nitrogens with one attached hydrogen (secondary N) is 1. The smallest absolute Gasteiger partial charge is 0.224 e. The van der Waals surface area contributed by atoms with Crippen LogP contribution in [0.2, 0.25) is 0 Å². The van der Waals surface area contributed by atoms with E-state index in [-0.39, 0.29) is 17.6 Å². The monoisotopic (exact) mass is 423 g/mol. The third kappa shape index (κ3) is 7.72. The number of nitrogens with zero attached hydrogens (tertiary/aromatic N) is 2. The fourth-order valence-corrected chi connectivity index (χ4v) is 5.36. The van der Waals surface area contributed by atoms with E-state index in [1.54, 1.807) is 0 Å². The Morgan fingerprint density at radius 2 is 2.00 bits per heavy atom. The van der Waals surface area contributed by atoms with Crippen LogP contribution in [0.4, 0.5) is 0 Å². The predicted molar refractivity (Wildman–Crippen MR) is 118 cm³/mol. The molecule has 1 aliphatic rings. The summed E-state index contributed by atoms with van der Waals surface area (Å²) in [6, 6.07) is 10.8. The lowest BCUT2D eigenvalue weighted by molar-refractivity contribution is -0.126. The highest BCUT2D eigenvalue weighted by Crippen LogP contribution is 2.20. The SMILES string of the molecule is CCCS(=O)(=O)N1CCC[C@H](C(=O)NCCCN(Cc2ccccc2)C(C)C)C1. The first-order chi connectivity index (χ1) is 13.8. The van der Waals surface area contributed by atoms with E-state index in [1.165, 1.54) is 9.87 Å². The van der Waals surface area contributed by atoms with E-state index < -0.39 is 10.0 Å². The minimum absolute atomic E-state index is 0.0134. The number of piperidine rings is 1. The first kappa shape index (κ1) is 23.8. The van der Waals surface area contributed by atoms with E-state index in [1.807, 2.05) is 13.0 Å². The summed E-state index contributed by atoms with van der Waals surface area (Å²) in [6.45, 7) is 9.53. The molecule has 1 fully saturated rings. The van der Waals surface area contributed by atoms with Crippen molar-refractivity contribution in [1.29, 1.82) is 0 Å². The summed E-state index contributed by atoms with van der Waals surface area (Å²) in [5, 5.41) is 3.03. The fraction of sp³-hybridized carbons (Fsp3) is 0.682. The molecule has 1 saturated heterocycles. The van der Waals surface area contributed by atoms with Crippen molar-refractivity contribution in [3.8, 4) is 0 Å². The van der Waals surface area contributed by atoms with Crippen molar-refractivity contribution in [3.63, 3.8) is 0 Å². The Kier molecular flexibility index (Phi) is 9.59. The zero-order valence-corrected chi connectivity index (χ0v) is 19.0. The minimum atomic E-state index is -3.23. The number of rotatable bonds is 11. The van der Waals surface area contributed by atoms with Gasteiger partial charge in [-0.2, -0.15) is 0 Å². The molecule has 0 unspecified atom stereocenters. The molecule has 2 rings (SSSR count). The lowest BCUT2D eigenvalue weighted by atomic mass is 9.99. The van der Waals surface area contributed by atoms with Crippen LogP contribution < -0.4 is 5.32 Å². The maximum Gasteiger partial charge on any atom is 0.224 e. The third-order valence-corrected chi connectivity index (χ3v) is 7.53. The van der Waals surface area contributed by atoms with Crippen molar-refractivity contribution < 1.29 is 13.2 Å². The Labute approximate surface area is 176 Å². The van der Waals surface area contributed by atoms with Gasteiger partial charge in [0.1, 0.15) is 0 Å². The molecule has 0 saturated carbocycles. The van der Waals surface area contributed by atoms with Gasteiger partial charge in [0.2, 0.25) is 15.9 Å². The molecule has 1 amide bonds. The summed E-state index contributed by atoms with van der Waals surface area (Å²) in [7, 11) is -3.23. The minimum Gasteiger partial charge on any atom is -0.356 e. The molecule has 1 aliphatic heterocycles. The maximum absolute atomic E-state index is 12.6. The highest BCUT2D eigenvalue weighted by molar-refractivity contribution is 7.89. The van der Waals surface area contributed by atoms with Gasteiger partial charge in [-0.3, -0.25) is 9.69 Å². The van der Waals surface area contributed by atoms with Crippen LogP contribution in [0.15, 0.2) is 30.3 Å². The van der Waals surface area contributed by atoms with E-state index >= 15 is 0 Å². The van der Waals surface area contributed by atoms with Crippen LogP contribution in [0.25, 0.3) is 0 Å². The van der Waals surface area contributed by atoms with Crippen LogP contribution in [0.1, 0.15) is 52.0 Å². The van der Waals surface area contributed by atoms with Crippen molar-refractivity contribution in [1.82, 2.24) is 14.5 Å². The Morgan fingerprint density at radius 3 is 2.66 bits per heavy atom. The number of hydrogen-bond donors (Lipinski definition) is 1. The molecule has 1 heterocycles. The van der Waals surface area contributed by atoms with E-state index in [2.05, 4.69) is 48.3 Å². The standard InChI is InChI=1S/C22H37N3O3S/c1-4-16-29(27,28)25-15-8-12-21(18-25)22(26)23-13-9-14-24(19(2)3)17-20-10-6-5-7-11-20/h5-7,10-11,19,21H,4,8-9,12-18H2,1-3H3,(H,23,26)/t21-/m0/s1. The van der Waals surface area contributed by atoms with Gasteiger partial charge < -0.3 is 5.32 Å². The summed E-state index contributed by atoms with van der Waals surface area (Å²) in [5.41, 5.74) is 1.29. The molecule has 1 N–H and O–H groups in total. The molecule has 1 atom stereocenters. The molecule has 29 heavy (non-hydrogen) atoms. The Balaban J connectivity index is 1.76. The average molecular weight is 424 g/mol. The fourth-order valence-electron chi connectivity index (χ4n) is 3.77. The van der Waals surface area contributed by atoms with E-state index in [9.17, 15) is 13.2 Å². The van der Waals surface area contributed by atoms with Crippen molar-refractivity contribution in [2.75, 3.05) is 31.9 Å². The Morgan fingerprint density at radius 1 is 1.28 bits per heavy atom. The van der Waals surface area contributed by atoms with Gasteiger partial charge in [-0.05, 0) is 45.1 Å². The van der Waals surface area contributed by atoms with Gasteiger partial charge in [0.25, 0.3) is 0 Å². The lowest BCUT2D eigenvalue weighted by Gasteiger charge is -2.31. The zero-order valence-electron chi connectivity index (χ0n) is 18.1. The number of carbonyl (C=O) groups is 1. The summed E-state index contributed by atoms with van der Waals surface area (Å²) in [5.74, 6) is -0.0881. The van der Waals surface area contributed by atoms with Crippen molar-refractivity contribution in [3.05, 3.63) is 35.9 Å². The molecule has 0 radical (unpaired) electrons. The molecule has 164 valence electrons. The number of amides is 1. The predicted octanol–water partition coefficient (Wildman–Crippen LogP) is 2.86. The van der Waals surface area contributed by atoms with E-state index in [0.29, 0.717) is 32.1 Å². The van der Waals surface area contributed by atoms with E-state index in [4.69, 9.17) is 0 Å². The van der Waals surface area contributed by atoms with Crippen LogP contribution >= 0.6 is 0 Å². The number of sulfonamides is 1. The molecule has 0 bridgehead atoms. The van der Waals surface area contributed by atoms with Crippen LogP contribution in [-0.4, -0.2) is 61.5 Å². The second kappa shape index (κ2) is 11.7. The molecule has 1 aromatic rings. The van der Waals surface area contributed by atoms with Gasteiger partial charge in [-0.15, -0.1) is 0 Å². The summed E-state index contributed by atoms with van der Waals surface area (Å²) in [6.07, 6.45) is 2.99. The maximum atomic E-state index is 12.6. The van der Waals surface area contributed by atoms with Gasteiger partial charge in [0, 0.05) is 38.8 Å². The Hall–Kier alpha value is -1.44. The number of hydrogen-bond acceptors (Lipinski definition) is 4. The van der Waals surface area contributed by atoms with Gasteiger partial charge in [0.15, 0.2) is 0 Å². The molecule has 6 nitrogen and oxygen atoms in total. The summed E-state index contributed by atoms with van der Waals surface area (Å²) in [4.78, 5) is 15.0. The van der Waals surface area contributed by atoms with E-state index in [0.717, 1.165) is 32.4 Å². The summed E-state index contributed by atoms with van der Waals surface area (Å²) < 4.78 is 26.1. The van der Waals surface area contributed by atoms with Gasteiger partial charge in [-0.25, -0.2) is 12.7 Å². The van der Waals surface area contributed by atoms with Crippen LogP contribution in [0.3, 0.4) is 0 Å². The van der Waals surface area contributed by atoms with Crippen LogP contribution in [0, 0.1) is 5.92 Å². The van der Waals surface area contributed by atoms with Crippen molar-refractivity contribution >= 4 is 15.9 Å². The number of carbonyl (C=O) groups excluding carboxylic acids is 1. The summed E-state index contributed by atoms with van der Waals surface area (Å²) >= 11 is 0. The van der Waals surface area contributed by atoms with Gasteiger partial charge >= 0.3 is 0 Å². The van der Waals surface area contributed by atoms with Gasteiger partial charge in [0.05, 0.1) is 11.7 Å². The van der Waals surface area contributed by atoms with Gasteiger partial charge in [-0.1, -0.05) is 37.3 Å². The molecule has 0 spiro atoms. The van der Waals surface area contributed by atoms with Crippen molar-refractivity contribution in [2.45, 2.75) is 59.0 Å². The first-order valence-electron chi connectivity index (χ1n) is 10.9. The van der Waals surface area contributed by atoms with Crippen LogP contribution in [0.5, 0.6) is 0 Å². The lowest BCUT2D eigenvalue weighted by Crippen LogP contribution is -2.46. The zero-order chi connectivity index (χ0) is 21.3. The topological polar surface area (TPSA) is 69.7 Å². The highest BCUT2D eigenvalue weighted by Gasteiger charge is 2.31. The molecule has 1 aromatic carbocycles. The Bertz CT molecular complexity index is 722. The molecule has 7 heteroatoms. The molecule has 0 aliphatic carbocycles. The highest BCUT2D eigenvalue weighted by atomic mass is 32.2. The number of benzene rings is 1.